The molecule has 1 aliphatic rings. The van der Waals surface area contributed by atoms with E-state index in [1.807, 2.05) is 6.20 Å². The van der Waals surface area contributed by atoms with Crippen LogP contribution in [0.5, 0.6) is 0 Å². The van der Waals surface area contributed by atoms with Gasteiger partial charge >= 0.3 is 0 Å². The fraction of sp³-hybridized carbons (Fsp3) is 0.636. The van der Waals surface area contributed by atoms with Gasteiger partial charge in [0.15, 0.2) is 5.13 Å². The van der Waals surface area contributed by atoms with Crippen LogP contribution < -0.4 is 4.90 Å². The van der Waals surface area contributed by atoms with E-state index >= 15 is 0 Å². The molecule has 1 fully saturated rings. The Hall–Kier alpha value is -1.12. The summed E-state index contributed by atoms with van der Waals surface area (Å²) in [6.45, 7) is 7.66. The zero-order valence-corrected chi connectivity index (χ0v) is 10.3. The standard InChI is InChI=1S/C11H16N4S/c1-2-14-5-7-15(8-6-14)11-13-9-10(16-11)3-4-12/h9H,2-3,5-8H2,1H3. The molecule has 0 aromatic carbocycles. The maximum absolute atomic E-state index is 8.61. The van der Waals surface area contributed by atoms with Crippen molar-refractivity contribution in [2.24, 2.45) is 0 Å². The smallest absolute Gasteiger partial charge is 0.185 e. The van der Waals surface area contributed by atoms with Crippen molar-refractivity contribution in [3.8, 4) is 6.07 Å². The summed E-state index contributed by atoms with van der Waals surface area (Å²) in [5, 5.41) is 9.68. The van der Waals surface area contributed by atoms with Crippen LogP contribution in [0, 0.1) is 11.3 Å². The van der Waals surface area contributed by atoms with Crippen LogP contribution >= 0.6 is 11.3 Å². The van der Waals surface area contributed by atoms with Crippen molar-refractivity contribution in [3.05, 3.63) is 11.1 Å². The van der Waals surface area contributed by atoms with E-state index in [1.165, 1.54) is 0 Å². The number of nitriles is 1. The third-order valence-electron chi connectivity index (χ3n) is 2.88. The van der Waals surface area contributed by atoms with E-state index in [4.69, 9.17) is 5.26 Å². The van der Waals surface area contributed by atoms with Crippen molar-refractivity contribution in [3.63, 3.8) is 0 Å². The second kappa shape index (κ2) is 5.28. The molecule has 0 unspecified atom stereocenters. The summed E-state index contributed by atoms with van der Waals surface area (Å²) >= 11 is 1.65. The number of nitrogens with zero attached hydrogens (tertiary/aromatic N) is 4. The summed E-state index contributed by atoms with van der Waals surface area (Å²) in [7, 11) is 0. The van der Waals surface area contributed by atoms with Gasteiger partial charge in [0.05, 0.1) is 12.5 Å². The number of likely N-dealkylation sites (N-methyl/N-ethyl adjacent to an activating group) is 1. The van der Waals surface area contributed by atoms with Gasteiger partial charge in [0.1, 0.15) is 0 Å². The maximum Gasteiger partial charge on any atom is 0.185 e. The summed E-state index contributed by atoms with van der Waals surface area (Å²) in [6, 6.07) is 2.16. The molecule has 1 aliphatic heterocycles. The van der Waals surface area contributed by atoms with E-state index in [0.717, 1.165) is 42.7 Å². The lowest BCUT2D eigenvalue weighted by molar-refractivity contribution is 0.271. The molecular weight excluding hydrogens is 220 g/mol. The van der Waals surface area contributed by atoms with Gasteiger partial charge in [-0.25, -0.2) is 4.98 Å². The monoisotopic (exact) mass is 236 g/mol. The molecule has 5 heteroatoms. The van der Waals surface area contributed by atoms with E-state index < -0.39 is 0 Å². The molecule has 16 heavy (non-hydrogen) atoms. The number of hydrogen-bond donors (Lipinski definition) is 0. The first-order valence-corrected chi connectivity index (χ1v) is 6.44. The molecule has 0 bridgehead atoms. The van der Waals surface area contributed by atoms with Crippen LogP contribution in [-0.4, -0.2) is 42.6 Å². The second-order valence-electron chi connectivity index (χ2n) is 3.87. The van der Waals surface area contributed by atoms with Gasteiger partial charge in [0.2, 0.25) is 0 Å². The minimum atomic E-state index is 0.479. The molecule has 0 amide bonds. The van der Waals surface area contributed by atoms with Gasteiger partial charge in [-0.2, -0.15) is 5.26 Å². The molecule has 1 saturated heterocycles. The Morgan fingerprint density at radius 1 is 1.44 bits per heavy atom. The van der Waals surface area contributed by atoms with Gasteiger partial charge < -0.3 is 9.80 Å². The molecule has 0 saturated carbocycles. The molecular formula is C11H16N4S. The van der Waals surface area contributed by atoms with Gasteiger partial charge in [0, 0.05) is 37.3 Å². The van der Waals surface area contributed by atoms with Gasteiger partial charge in [-0.05, 0) is 6.54 Å². The van der Waals surface area contributed by atoms with Crippen molar-refractivity contribution in [2.75, 3.05) is 37.6 Å². The molecule has 0 spiro atoms. The molecule has 0 atom stereocenters. The van der Waals surface area contributed by atoms with Crippen molar-refractivity contribution in [1.82, 2.24) is 9.88 Å². The third-order valence-corrected chi connectivity index (χ3v) is 3.94. The van der Waals surface area contributed by atoms with Crippen LogP contribution in [0.25, 0.3) is 0 Å². The number of rotatable bonds is 3. The SMILES string of the molecule is CCN1CCN(c2ncc(CC#N)s2)CC1. The Labute approximate surface area is 100 Å². The highest BCUT2D eigenvalue weighted by molar-refractivity contribution is 7.15. The molecule has 1 aromatic rings. The van der Waals surface area contributed by atoms with Crippen LogP contribution in [0.15, 0.2) is 6.20 Å². The normalized spacial score (nSPS) is 17.4. The van der Waals surface area contributed by atoms with E-state index in [1.54, 1.807) is 11.3 Å². The molecule has 86 valence electrons. The van der Waals surface area contributed by atoms with Gasteiger partial charge in [-0.3, -0.25) is 0 Å². The Bertz CT molecular complexity index is 374. The van der Waals surface area contributed by atoms with Crippen LogP contribution in [0.4, 0.5) is 5.13 Å². The third kappa shape index (κ3) is 2.52. The van der Waals surface area contributed by atoms with Crippen molar-refractivity contribution in [2.45, 2.75) is 13.3 Å². The van der Waals surface area contributed by atoms with Crippen LogP contribution in [0.3, 0.4) is 0 Å². The Kier molecular flexibility index (Phi) is 3.75. The molecule has 0 N–H and O–H groups in total. The lowest BCUT2D eigenvalue weighted by Gasteiger charge is -2.33. The predicted octanol–water partition coefficient (Wildman–Crippen LogP) is 1.35. The van der Waals surface area contributed by atoms with E-state index in [-0.39, 0.29) is 0 Å². The lowest BCUT2D eigenvalue weighted by atomic mass is 10.3. The topological polar surface area (TPSA) is 43.2 Å². The highest BCUT2D eigenvalue weighted by atomic mass is 32.1. The quantitative estimate of drug-likeness (QED) is 0.794. The van der Waals surface area contributed by atoms with Crippen molar-refractivity contribution in [1.29, 1.82) is 5.26 Å². The molecule has 0 aliphatic carbocycles. The van der Waals surface area contributed by atoms with Crippen molar-refractivity contribution < 1.29 is 0 Å². The first-order valence-electron chi connectivity index (χ1n) is 5.62. The highest BCUT2D eigenvalue weighted by Crippen LogP contribution is 2.23. The molecule has 0 radical (unpaired) electrons. The van der Waals surface area contributed by atoms with E-state index in [0.29, 0.717) is 6.42 Å². The van der Waals surface area contributed by atoms with Crippen LogP contribution in [0.2, 0.25) is 0 Å². The number of piperazine rings is 1. The lowest BCUT2D eigenvalue weighted by Crippen LogP contribution is -2.46. The first kappa shape index (κ1) is 11.4. The van der Waals surface area contributed by atoms with Gasteiger partial charge in [-0.15, -0.1) is 11.3 Å². The highest BCUT2D eigenvalue weighted by Gasteiger charge is 2.17. The predicted molar refractivity (Wildman–Crippen MR) is 65.8 cm³/mol. The maximum atomic E-state index is 8.61. The minimum absolute atomic E-state index is 0.479. The van der Waals surface area contributed by atoms with Crippen LogP contribution in [-0.2, 0) is 6.42 Å². The summed E-state index contributed by atoms with van der Waals surface area (Å²) in [6.07, 6.45) is 2.31. The number of thiazole rings is 1. The summed E-state index contributed by atoms with van der Waals surface area (Å²) in [5.41, 5.74) is 0. The number of anilines is 1. The van der Waals surface area contributed by atoms with Gasteiger partial charge in [-0.1, -0.05) is 6.92 Å². The average molecular weight is 236 g/mol. The summed E-state index contributed by atoms with van der Waals surface area (Å²) in [4.78, 5) is 10.2. The fourth-order valence-corrected chi connectivity index (χ4v) is 2.75. The van der Waals surface area contributed by atoms with E-state index in [9.17, 15) is 0 Å². The summed E-state index contributed by atoms with van der Waals surface area (Å²) < 4.78 is 0. The number of aromatic nitrogens is 1. The second-order valence-corrected chi connectivity index (χ2v) is 4.96. The largest absolute Gasteiger partial charge is 0.346 e. The number of hydrogen-bond acceptors (Lipinski definition) is 5. The molecule has 1 aromatic heterocycles. The fourth-order valence-electron chi connectivity index (χ4n) is 1.86. The molecule has 2 rings (SSSR count). The van der Waals surface area contributed by atoms with E-state index in [2.05, 4.69) is 27.8 Å². The van der Waals surface area contributed by atoms with Gasteiger partial charge in [0.25, 0.3) is 0 Å². The Morgan fingerprint density at radius 2 is 2.19 bits per heavy atom. The Balaban J connectivity index is 1.95. The Morgan fingerprint density at radius 3 is 2.81 bits per heavy atom. The molecule has 4 nitrogen and oxygen atoms in total. The minimum Gasteiger partial charge on any atom is -0.346 e. The molecule has 2 heterocycles. The average Bonchev–Trinajstić information content (AvgIpc) is 2.78. The summed E-state index contributed by atoms with van der Waals surface area (Å²) in [5.74, 6) is 0. The first-order chi connectivity index (χ1) is 7.83. The zero-order chi connectivity index (χ0) is 11.4. The van der Waals surface area contributed by atoms with Crippen LogP contribution in [0.1, 0.15) is 11.8 Å². The zero-order valence-electron chi connectivity index (χ0n) is 9.52. The van der Waals surface area contributed by atoms with Crippen molar-refractivity contribution >= 4 is 16.5 Å².